The number of H-pyrrole nitrogens is 1. The van der Waals surface area contributed by atoms with Crippen LogP contribution < -0.4 is 5.32 Å². The van der Waals surface area contributed by atoms with Crippen LogP contribution in [0, 0.1) is 11.7 Å². The van der Waals surface area contributed by atoms with Gasteiger partial charge in [-0.15, -0.1) is 0 Å². The third-order valence-electron chi connectivity index (χ3n) is 5.57. The van der Waals surface area contributed by atoms with Gasteiger partial charge in [-0.05, 0) is 42.2 Å². The number of nitrogens with one attached hydrogen (secondary N) is 2. The summed E-state index contributed by atoms with van der Waals surface area (Å²) in [6.07, 6.45) is 6.63. The molecule has 1 unspecified atom stereocenters. The number of aromatic nitrogens is 5. The van der Waals surface area contributed by atoms with Gasteiger partial charge in [-0.2, -0.15) is 15.4 Å². The monoisotopic (exact) mass is 496 g/mol. The van der Waals surface area contributed by atoms with E-state index in [2.05, 4.69) is 25.7 Å². The molecule has 0 saturated heterocycles. The molecule has 0 aliphatic rings. The summed E-state index contributed by atoms with van der Waals surface area (Å²) < 4.78 is 15.9. The minimum atomic E-state index is -0.980. The van der Waals surface area contributed by atoms with Crippen molar-refractivity contribution < 1.29 is 19.1 Å². The van der Waals surface area contributed by atoms with E-state index in [1.807, 2.05) is 12.1 Å². The number of carbonyl (C=O) groups excluding carboxylic acids is 1. The van der Waals surface area contributed by atoms with E-state index in [1.165, 1.54) is 18.3 Å². The summed E-state index contributed by atoms with van der Waals surface area (Å²) >= 11 is 6.01. The molecule has 2 atom stereocenters. The molecule has 0 bridgehead atoms. The molecule has 4 rings (SSSR count). The van der Waals surface area contributed by atoms with Crippen molar-refractivity contribution in [1.29, 1.82) is 0 Å². The Morgan fingerprint density at radius 2 is 2.00 bits per heavy atom. The van der Waals surface area contributed by atoms with E-state index in [0.717, 1.165) is 5.56 Å². The van der Waals surface area contributed by atoms with Crippen molar-refractivity contribution in [2.75, 3.05) is 0 Å². The number of rotatable bonds is 10. The van der Waals surface area contributed by atoms with Crippen molar-refractivity contribution in [3.8, 4) is 11.1 Å². The number of carboxylic acids is 1. The fourth-order valence-corrected chi connectivity index (χ4v) is 4.01. The number of aromatic amines is 1. The number of halogens is 2. The first-order chi connectivity index (χ1) is 16.9. The molecule has 2 aromatic heterocycles. The Kier molecular flexibility index (Phi) is 7.51. The van der Waals surface area contributed by atoms with Gasteiger partial charge in [-0.1, -0.05) is 35.9 Å². The maximum absolute atomic E-state index is 14.2. The lowest BCUT2D eigenvalue weighted by Crippen LogP contribution is -2.40. The second-order valence-corrected chi connectivity index (χ2v) is 8.52. The SMILES string of the molecule is O=C(N[C@H](Cc1ccc(-c2cc(Cl)ccc2F)cc1)CC(Cn1ccnc1)C(=O)O)c1cn[nH]n1. The zero-order valence-corrected chi connectivity index (χ0v) is 19.2. The second-order valence-electron chi connectivity index (χ2n) is 8.08. The van der Waals surface area contributed by atoms with Crippen LogP contribution in [0.3, 0.4) is 0 Å². The van der Waals surface area contributed by atoms with Crippen LogP contribution in [-0.4, -0.2) is 48.0 Å². The lowest BCUT2D eigenvalue weighted by molar-refractivity contribution is -0.142. The van der Waals surface area contributed by atoms with Gasteiger partial charge in [0.2, 0.25) is 0 Å². The number of carboxylic acid groups (broad SMARTS) is 1. The summed E-state index contributed by atoms with van der Waals surface area (Å²) in [5.41, 5.74) is 1.98. The van der Waals surface area contributed by atoms with Crippen LogP contribution in [0.15, 0.2) is 67.4 Å². The number of imidazole rings is 1. The van der Waals surface area contributed by atoms with Gasteiger partial charge in [0.1, 0.15) is 5.82 Å². The first-order valence-corrected chi connectivity index (χ1v) is 11.2. The van der Waals surface area contributed by atoms with Crippen LogP contribution in [0.2, 0.25) is 5.02 Å². The zero-order chi connectivity index (χ0) is 24.8. The van der Waals surface area contributed by atoms with Gasteiger partial charge >= 0.3 is 5.97 Å². The Hall–Kier alpha value is -4.05. The van der Waals surface area contributed by atoms with E-state index in [4.69, 9.17) is 11.6 Å². The lowest BCUT2D eigenvalue weighted by Gasteiger charge is -2.23. The van der Waals surface area contributed by atoms with Gasteiger partial charge in [0.15, 0.2) is 5.69 Å². The van der Waals surface area contributed by atoms with Crippen molar-refractivity contribution >= 4 is 23.5 Å². The Bertz CT molecular complexity index is 1280. The highest BCUT2D eigenvalue weighted by molar-refractivity contribution is 6.30. The normalized spacial score (nSPS) is 12.7. The predicted molar refractivity (Wildman–Crippen MR) is 126 cm³/mol. The minimum Gasteiger partial charge on any atom is -0.481 e. The van der Waals surface area contributed by atoms with Crippen LogP contribution in [0.25, 0.3) is 11.1 Å². The molecule has 2 heterocycles. The average Bonchev–Trinajstić information content (AvgIpc) is 3.55. The summed E-state index contributed by atoms with van der Waals surface area (Å²) in [7, 11) is 0. The molecule has 0 radical (unpaired) electrons. The maximum Gasteiger partial charge on any atom is 0.308 e. The topological polar surface area (TPSA) is 126 Å². The van der Waals surface area contributed by atoms with Crippen molar-refractivity contribution in [3.63, 3.8) is 0 Å². The summed E-state index contributed by atoms with van der Waals surface area (Å²) in [6.45, 7) is 0.207. The van der Waals surface area contributed by atoms with Gasteiger partial charge < -0.3 is 15.0 Å². The highest BCUT2D eigenvalue weighted by Crippen LogP contribution is 2.27. The summed E-state index contributed by atoms with van der Waals surface area (Å²) in [4.78, 5) is 28.6. The van der Waals surface area contributed by atoms with Gasteiger partial charge in [-0.3, -0.25) is 9.59 Å². The van der Waals surface area contributed by atoms with Crippen molar-refractivity contribution in [2.24, 2.45) is 5.92 Å². The molecule has 9 nitrogen and oxygen atoms in total. The van der Waals surface area contributed by atoms with E-state index in [9.17, 15) is 19.1 Å². The number of benzene rings is 2. The number of hydrogen-bond acceptors (Lipinski definition) is 5. The zero-order valence-electron chi connectivity index (χ0n) is 18.4. The maximum atomic E-state index is 14.2. The van der Waals surface area contributed by atoms with Gasteiger partial charge in [0.05, 0.1) is 18.4 Å². The van der Waals surface area contributed by atoms with Crippen LogP contribution >= 0.6 is 11.6 Å². The van der Waals surface area contributed by atoms with Gasteiger partial charge in [0.25, 0.3) is 5.91 Å². The summed E-state index contributed by atoms with van der Waals surface area (Å²) in [5, 5.41) is 22.9. The predicted octanol–water partition coefficient (Wildman–Crippen LogP) is 3.59. The van der Waals surface area contributed by atoms with E-state index >= 15 is 0 Å². The third kappa shape index (κ3) is 6.30. The smallest absolute Gasteiger partial charge is 0.308 e. The number of aliphatic carboxylic acids is 1. The van der Waals surface area contributed by atoms with Crippen LogP contribution in [0.1, 0.15) is 22.5 Å². The van der Waals surface area contributed by atoms with E-state index in [1.54, 1.807) is 41.5 Å². The quantitative estimate of drug-likeness (QED) is 0.308. The van der Waals surface area contributed by atoms with Crippen LogP contribution in [0.4, 0.5) is 4.39 Å². The standard InChI is InChI=1S/C24H22ClFN6O3/c25-18-5-6-21(26)20(11-18)16-3-1-15(2-4-16)9-19(29-23(33)22-12-28-31-30-22)10-17(24(34)35)13-32-8-7-27-14-32/h1-8,11-12,14,17,19H,9-10,13H2,(H,29,33)(H,34,35)(H,28,30,31)/t17?,19-/m1/s1. The Morgan fingerprint density at radius 1 is 1.20 bits per heavy atom. The van der Waals surface area contributed by atoms with E-state index in [-0.39, 0.29) is 24.5 Å². The van der Waals surface area contributed by atoms with Crippen LogP contribution in [-0.2, 0) is 17.8 Å². The van der Waals surface area contributed by atoms with Crippen molar-refractivity contribution in [3.05, 3.63) is 89.5 Å². The lowest BCUT2D eigenvalue weighted by atomic mass is 9.93. The molecule has 0 aliphatic heterocycles. The Balaban J connectivity index is 1.53. The second kappa shape index (κ2) is 10.9. The van der Waals surface area contributed by atoms with E-state index in [0.29, 0.717) is 22.6 Å². The fourth-order valence-electron chi connectivity index (χ4n) is 3.83. The van der Waals surface area contributed by atoms with E-state index < -0.39 is 23.8 Å². The minimum absolute atomic E-state index is 0.100. The molecule has 1 amide bonds. The van der Waals surface area contributed by atoms with Crippen molar-refractivity contribution in [1.82, 2.24) is 30.3 Å². The van der Waals surface area contributed by atoms with Gasteiger partial charge in [0, 0.05) is 35.6 Å². The first kappa shape index (κ1) is 24.1. The molecule has 0 saturated carbocycles. The summed E-state index contributed by atoms with van der Waals surface area (Å²) in [5.74, 6) is -2.60. The molecule has 0 fully saturated rings. The highest BCUT2D eigenvalue weighted by atomic mass is 35.5. The molecule has 0 aliphatic carbocycles. The van der Waals surface area contributed by atoms with Crippen molar-refractivity contribution in [2.45, 2.75) is 25.4 Å². The molecular formula is C24H22ClFN6O3. The number of hydrogen-bond donors (Lipinski definition) is 3. The Morgan fingerprint density at radius 3 is 2.66 bits per heavy atom. The largest absolute Gasteiger partial charge is 0.481 e. The Labute approximate surface area is 205 Å². The fraction of sp³-hybridized carbons (Fsp3) is 0.208. The molecular weight excluding hydrogens is 475 g/mol. The molecule has 35 heavy (non-hydrogen) atoms. The van der Waals surface area contributed by atoms with Crippen LogP contribution in [0.5, 0.6) is 0 Å². The molecule has 180 valence electrons. The molecule has 4 aromatic rings. The average molecular weight is 497 g/mol. The molecule has 3 N–H and O–H groups in total. The molecule has 0 spiro atoms. The first-order valence-electron chi connectivity index (χ1n) is 10.8. The number of amides is 1. The highest BCUT2D eigenvalue weighted by Gasteiger charge is 2.25. The molecule has 11 heteroatoms. The summed E-state index contributed by atoms with van der Waals surface area (Å²) in [6, 6.07) is 11.0. The molecule has 2 aromatic carbocycles. The number of nitrogens with zero attached hydrogens (tertiary/aromatic N) is 4. The number of carbonyl (C=O) groups is 2. The van der Waals surface area contributed by atoms with Gasteiger partial charge in [-0.25, -0.2) is 9.37 Å². The third-order valence-corrected chi connectivity index (χ3v) is 5.80.